The van der Waals surface area contributed by atoms with Gasteiger partial charge in [0.2, 0.25) is 5.91 Å². The highest BCUT2D eigenvalue weighted by molar-refractivity contribution is 5.81. The topological polar surface area (TPSA) is 53.6 Å². The molecule has 0 aliphatic carbocycles. The van der Waals surface area contributed by atoms with Gasteiger partial charge in [-0.3, -0.25) is 9.69 Å². The molecule has 2 heterocycles. The van der Waals surface area contributed by atoms with Crippen LogP contribution in [0.5, 0.6) is 5.75 Å². The molecular weight excluding hydrogens is 326 g/mol. The molecule has 2 saturated heterocycles. The summed E-state index contributed by atoms with van der Waals surface area (Å²) in [4.78, 5) is 14.7. The van der Waals surface area contributed by atoms with Gasteiger partial charge in [-0.25, -0.2) is 0 Å². The predicted molar refractivity (Wildman–Crippen MR) is 104 cm³/mol. The van der Waals surface area contributed by atoms with Crippen LogP contribution in [0.25, 0.3) is 0 Å². The van der Waals surface area contributed by atoms with Gasteiger partial charge in [0, 0.05) is 19.6 Å². The summed E-state index contributed by atoms with van der Waals surface area (Å²) in [6.07, 6.45) is 5.52. The molecule has 0 spiro atoms. The highest BCUT2D eigenvalue weighted by Gasteiger charge is 2.25. The Morgan fingerprint density at radius 3 is 2.92 bits per heavy atom. The van der Waals surface area contributed by atoms with Gasteiger partial charge in [-0.05, 0) is 74.4 Å². The zero-order valence-electron chi connectivity index (χ0n) is 16.2. The lowest BCUT2D eigenvalue weighted by Gasteiger charge is -2.33. The molecule has 2 fully saturated rings. The van der Waals surface area contributed by atoms with Crippen molar-refractivity contribution in [2.24, 2.45) is 5.92 Å². The Morgan fingerprint density at radius 1 is 1.31 bits per heavy atom. The number of likely N-dealkylation sites (tertiary alicyclic amines) is 1. The number of carbonyl (C=O) groups excluding carboxylic acids is 1. The smallest absolute Gasteiger partial charge is 0.237 e. The lowest BCUT2D eigenvalue weighted by molar-refractivity contribution is -0.123. The van der Waals surface area contributed by atoms with E-state index in [-0.39, 0.29) is 11.9 Å². The van der Waals surface area contributed by atoms with Crippen LogP contribution in [-0.4, -0.2) is 50.1 Å². The maximum absolute atomic E-state index is 12.2. The number of piperidine rings is 1. The second kappa shape index (κ2) is 9.38. The molecule has 0 radical (unpaired) electrons. The first-order valence-electron chi connectivity index (χ1n) is 10.1. The Morgan fingerprint density at radius 2 is 2.19 bits per heavy atom. The quantitative estimate of drug-likeness (QED) is 0.785. The van der Waals surface area contributed by atoms with Gasteiger partial charge in [-0.1, -0.05) is 13.0 Å². The van der Waals surface area contributed by atoms with Crippen molar-refractivity contribution in [3.8, 4) is 5.75 Å². The SMILES string of the molecule is CCc1cc(OC)ccc1CN1CCCC(CNC(=O)C2CCCN2)C1. The summed E-state index contributed by atoms with van der Waals surface area (Å²) in [5, 5.41) is 6.45. The van der Waals surface area contributed by atoms with Gasteiger partial charge in [0.15, 0.2) is 0 Å². The molecule has 1 aromatic carbocycles. The number of nitrogens with zero attached hydrogens (tertiary/aromatic N) is 1. The van der Waals surface area contributed by atoms with Crippen molar-refractivity contribution >= 4 is 5.91 Å². The minimum Gasteiger partial charge on any atom is -0.497 e. The monoisotopic (exact) mass is 359 g/mol. The van der Waals surface area contributed by atoms with Crippen LogP contribution >= 0.6 is 0 Å². The summed E-state index contributed by atoms with van der Waals surface area (Å²) < 4.78 is 5.36. The Kier molecular flexibility index (Phi) is 6.92. The van der Waals surface area contributed by atoms with Crippen LogP contribution in [0.2, 0.25) is 0 Å². The zero-order valence-corrected chi connectivity index (χ0v) is 16.2. The van der Waals surface area contributed by atoms with E-state index in [9.17, 15) is 4.79 Å². The number of methoxy groups -OCH3 is 1. The van der Waals surface area contributed by atoms with E-state index in [2.05, 4.69) is 40.7 Å². The van der Waals surface area contributed by atoms with Crippen LogP contribution in [-0.2, 0) is 17.8 Å². The summed E-state index contributed by atoms with van der Waals surface area (Å²) in [5.74, 6) is 1.67. The van der Waals surface area contributed by atoms with Crippen molar-refractivity contribution in [3.05, 3.63) is 29.3 Å². The van der Waals surface area contributed by atoms with Crippen molar-refractivity contribution in [1.82, 2.24) is 15.5 Å². The van der Waals surface area contributed by atoms with Gasteiger partial charge >= 0.3 is 0 Å². The number of hydrogen-bond acceptors (Lipinski definition) is 4. The zero-order chi connectivity index (χ0) is 18.4. The van der Waals surface area contributed by atoms with E-state index in [1.54, 1.807) is 7.11 Å². The minimum atomic E-state index is 0.0288. The molecule has 26 heavy (non-hydrogen) atoms. The molecule has 1 aromatic rings. The van der Waals surface area contributed by atoms with Gasteiger partial charge in [0.05, 0.1) is 13.2 Å². The third-order valence-corrected chi connectivity index (χ3v) is 5.73. The fourth-order valence-electron chi connectivity index (χ4n) is 4.19. The van der Waals surface area contributed by atoms with E-state index in [1.165, 1.54) is 24.0 Å². The Balaban J connectivity index is 1.51. The van der Waals surface area contributed by atoms with E-state index in [4.69, 9.17) is 4.74 Å². The molecule has 2 aliphatic heterocycles. The van der Waals surface area contributed by atoms with Crippen molar-refractivity contribution in [2.75, 3.05) is 33.3 Å². The van der Waals surface area contributed by atoms with Crippen molar-refractivity contribution in [2.45, 2.75) is 51.6 Å². The minimum absolute atomic E-state index is 0.0288. The van der Waals surface area contributed by atoms with Crippen molar-refractivity contribution in [1.29, 1.82) is 0 Å². The summed E-state index contributed by atoms with van der Waals surface area (Å²) in [6.45, 7) is 7.16. The van der Waals surface area contributed by atoms with E-state index in [0.717, 1.165) is 57.7 Å². The van der Waals surface area contributed by atoms with E-state index >= 15 is 0 Å². The van der Waals surface area contributed by atoms with Gasteiger partial charge in [0.25, 0.3) is 0 Å². The second-order valence-electron chi connectivity index (χ2n) is 7.63. The van der Waals surface area contributed by atoms with Crippen LogP contribution in [0.1, 0.15) is 43.7 Å². The lowest BCUT2D eigenvalue weighted by Crippen LogP contribution is -2.45. The summed E-state index contributed by atoms with van der Waals surface area (Å²) >= 11 is 0. The third kappa shape index (κ3) is 4.98. The fraction of sp³-hybridized carbons (Fsp3) is 0.667. The van der Waals surface area contributed by atoms with Crippen molar-refractivity contribution < 1.29 is 9.53 Å². The highest BCUT2D eigenvalue weighted by Crippen LogP contribution is 2.23. The number of nitrogens with one attached hydrogen (secondary N) is 2. The molecule has 144 valence electrons. The maximum Gasteiger partial charge on any atom is 0.237 e. The van der Waals surface area contributed by atoms with Gasteiger partial charge in [-0.15, -0.1) is 0 Å². The molecule has 2 atom stereocenters. The molecule has 0 saturated carbocycles. The number of amides is 1. The first-order chi connectivity index (χ1) is 12.7. The molecule has 5 nitrogen and oxygen atoms in total. The third-order valence-electron chi connectivity index (χ3n) is 5.73. The number of ether oxygens (including phenoxy) is 1. The fourth-order valence-corrected chi connectivity index (χ4v) is 4.19. The molecule has 5 heteroatoms. The Bertz CT molecular complexity index is 599. The number of carbonyl (C=O) groups is 1. The average Bonchev–Trinajstić information content (AvgIpc) is 3.21. The Hall–Kier alpha value is -1.59. The molecule has 2 aliphatic rings. The average molecular weight is 360 g/mol. The lowest BCUT2D eigenvalue weighted by atomic mass is 9.96. The number of benzene rings is 1. The van der Waals surface area contributed by atoms with Crippen LogP contribution in [0.3, 0.4) is 0 Å². The second-order valence-corrected chi connectivity index (χ2v) is 7.63. The number of rotatable bonds is 7. The first-order valence-corrected chi connectivity index (χ1v) is 10.1. The van der Waals surface area contributed by atoms with E-state index in [0.29, 0.717) is 5.92 Å². The standard InChI is InChI=1S/C21H33N3O2/c1-3-17-12-19(26-2)9-8-18(17)15-24-11-5-6-16(14-24)13-23-21(25)20-7-4-10-22-20/h8-9,12,16,20,22H,3-7,10-11,13-15H2,1-2H3,(H,23,25). The van der Waals surface area contributed by atoms with Crippen LogP contribution in [0, 0.1) is 5.92 Å². The largest absolute Gasteiger partial charge is 0.497 e. The molecule has 2 N–H and O–H groups in total. The number of hydrogen-bond donors (Lipinski definition) is 2. The van der Waals surface area contributed by atoms with Gasteiger partial charge in [-0.2, -0.15) is 0 Å². The molecule has 0 aromatic heterocycles. The first kappa shape index (κ1) is 19.2. The molecule has 1 amide bonds. The van der Waals surface area contributed by atoms with Gasteiger partial charge in [0.1, 0.15) is 5.75 Å². The summed E-state index contributed by atoms with van der Waals surface area (Å²) in [5.41, 5.74) is 2.76. The molecule has 0 bridgehead atoms. The molecule has 3 rings (SSSR count). The van der Waals surface area contributed by atoms with Crippen molar-refractivity contribution in [3.63, 3.8) is 0 Å². The highest BCUT2D eigenvalue weighted by atomic mass is 16.5. The van der Waals surface area contributed by atoms with Gasteiger partial charge < -0.3 is 15.4 Å². The molecular formula is C21H33N3O2. The number of aryl methyl sites for hydroxylation is 1. The normalized spacial score (nSPS) is 23.8. The van der Waals surface area contributed by atoms with Crippen LogP contribution in [0.4, 0.5) is 0 Å². The summed E-state index contributed by atoms with van der Waals surface area (Å²) in [6, 6.07) is 6.45. The van der Waals surface area contributed by atoms with E-state index < -0.39 is 0 Å². The summed E-state index contributed by atoms with van der Waals surface area (Å²) in [7, 11) is 1.72. The van der Waals surface area contributed by atoms with E-state index in [1.807, 2.05) is 0 Å². The van der Waals surface area contributed by atoms with Crippen LogP contribution < -0.4 is 15.4 Å². The van der Waals surface area contributed by atoms with Crippen LogP contribution in [0.15, 0.2) is 18.2 Å². The Labute approximate surface area is 157 Å². The predicted octanol–water partition coefficient (Wildman–Crippen LogP) is 2.34. The molecule has 2 unspecified atom stereocenters. The maximum atomic E-state index is 12.2.